The van der Waals surface area contributed by atoms with Gasteiger partial charge in [-0.05, 0) is 48.3 Å². The molecule has 0 unspecified atom stereocenters. The number of halogens is 2. The van der Waals surface area contributed by atoms with Crippen molar-refractivity contribution in [1.82, 2.24) is 29.9 Å². The fourth-order valence-corrected chi connectivity index (χ4v) is 3.20. The zero-order valence-electron chi connectivity index (χ0n) is 15.6. The van der Waals surface area contributed by atoms with Crippen LogP contribution >= 0.6 is 15.9 Å². The van der Waals surface area contributed by atoms with Gasteiger partial charge in [-0.1, -0.05) is 6.07 Å². The van der Waals surface area contributed by atoms with Gasteiger partial charge in [-0.25, -0.2) is 14.4 Å². The SMILES string of the molecule is CCN(C(=O)c1cccc(F)c1-n1nccn1)[C@@H](C)CCc1ncc(Br)cn1. The molecule has 7 nitrogen and oxygen atoms in total. The Balaban J connectivity index is 1.80. The fraction of sp³-hybridized carbons (Fsp3) is 0.316. The maximum atomic E-state index is 14.5. The van der Waals surface area contributed by atoms with Crippen LogP contribution in [0.25, 0.3) is 5.69 Å². The highest BCUT2D eigenvalue weighted by atomic mass is 79.9. The number of benzene rings is 1. The number of hydrogen-bond acceptors (Lipinski definition) is 5. The van der Waals surface area contributed by atoms with E-state index in [1.54, 1.807) is 23.4 Å². The van der Waals surface area contributed by atoms with Crippen LogP contribution in [0.5, 0.6) is 0 Å². The standard InChI is InChI=1S/C19H20BrFN6O/c1-3-26(13(2)7-8-17-22-11-14(20)12-23-17)19(28)15-5-4-6-16(21)18(15)27-24-9-10-25-27/h4-6,9-13H,3,7-8H2,1-2H3/t13-/m0/s1. The lowest BCUT2D eigenvalue weighted by atomic mass is 10.1. The predicted octanol–water partition coefficient (Wildman–Crippen LogP) is 3.44. The second kappa shape index (κ2) is 9.01. The lowest BCUT2D eigenvalue weighted by Gasteiger charge is -2.28. The summed E-state index contributed by atoms with van der Waals surface area (Å²) in [4.78, 5) is 24.6. The molecule has 0 bridgehead atoms. The normalized spacial score (nSPS) is 12.0. The van der Waals surface area contributed by atoms with Gasteiger partial charge in [0.15, 0.2) is 5.82 Å². The highest BCUT2D eigenvalue weighted by Crippen LogP contribution is 2.21. The molecule has 3 rings (SSSR count). The summed E-state index contributed by atoms with van der Waals surface area (Å²) in [6, 6.07) is 4.33. The van der Waals surface area contributed by atoms with E-state index in [-0.39, 0.29) is 23.2 Å². The second-order valence-corrected chi connectivity index (χ2v) is 7.17. The highest BCUT2D eigenvalue weighted by molar-refractivity contribution is 9.10. The van der Waals surface area contributed by atoms with Crippen LogP contribution in [-0.2, 0) is 6.42 Å². The minimum Gasteiger partial charge on any atom is -0.336 e. The highest BCUT2D eigenvalue weighted by Gasteiger charge is 2.25. The van der Waals surface area contributed by atoms with Gasteiger partial charge in [0.1, 0.15) is 11.5 Å². The number of aryl methyl sites for hydroxylation is 1. The van der Waals surface area contributed by atoms with Crippen molar-refractivity contribution in [2.24, 2.45) is 0 Å². The molecular weight excluding hydrogens is 427 g/mol. The van der Waals surface area contributed by atoms with Crippen molar-refractivity contribution in [2.75, 3.05) is 6.54 Å². The van der Waals surface area contributed by atoms with Gasteiger partial charge in [0, 0.05) is 31.4 Å². The number of rotatable bonds is 7. The predicted molar refractivity (Wildman–Crippen MR) is 106 cm³/mol. The molecule has 1 atom stereocenters. The van der Waals surface area contributed by atoms with E-state index in [4.69, 9.17) is 0 Å². The van der Waals surface area contributed by atoms with Crippen LogP contribution in [0.3, 0.4) is 0 Å². The van der Waals surface area contributed by atoms with E-state index in [2.05, 4.69) is 36.1 Å². The van der Waals surface area contributed by atoms with Gasteiger partial charge >= 0.3 is 0 Å². The Morgan fingerprint density at radius 1 is 1.25 bits per heavy atom. The molecule has 9 heteroatoms. The Bertz CT molecular complexity index is 932. The second-order valence-electron chi connectivity index (χ2n) is 6.25. The molecule has 3 aromatic rings. The van der Waals surface area contributed by atoms with Crippen LogP contribution in [0.4, 0.5) is 4.39 Å². The van der Waals surface area contributed by atoms with Crippen LogP contribution in [0.2, 0.25) is 0 Å². The number of para-hydroxylation sites is 1. The molecule has 0 radical (unpaired) electrons. The van der Waals surface area contributed by atoms with Gasteiger partial charge in [-0.2, -0.15) is 10.2 Å². The number of carbonyl (C=O) groups is 1. The first kappa shape index (κ1) is 20.1. The number of nitrogens with zero attached hydrogens (tertiary/aromatic N) is 6. The lowest BCUT2D eigenvalue weighted by Crippen LogP contribution is -2.39. The van der Waals surface area contributed by atoms with E-state index in [0.717, 1.165) is 9.27 Å². The van der Waals surface area contributed by atoms with Gasteiger partial charge in [-0.3, -0.25) is 4.79 Å². The van der Waals surface area contributed by atoms with Crippen LogP contribution in [-0.4, -0.2) is 48.4 Å². The van der Waals surface area contributed by atoms with Crippen molar-refractivity contribution in [3.8, 4) is 5.69 Å². The third-order valence-corrected chi connectivity index (χ3v) is 4.84. The smallest absolute Gasteiger partial charge is 0.256 e. The summed E-state index contributed by atoms with van der Waals surface area (Å²) in [5.74, 6) is -0.0988. The van der Waals surface area contributed by atoms with Gasteiger partial charge < -0.3 is 4.90 Å². The van der Waals surface area contributed by atoms with Crippen LogP contribution in [0, 0.1) is 5.82 Å². The van der Waals surface area contributed by atoms with Gasteiger partial charge in [-0.15, -0.1) is 4.80 Å². The van der Waals surface area contributed by atoms with Crippen molar-refractivity contribution in [3.63, 3.8) is 0 Å². The fourth-order valence-electron chi connectivity index (χ4n) is 2.99. The molecule has 1 amide bonds. The summed E-state index contributed by atoms with van der Waals surface area (Å²) < 4.78 is 15.3. The molecule has 0 spiro atoms. The molecule has 1 aromatic carbocycles. The van der Waals surface area contributed by atoms with Crippen molar-refractivity contribution >= 4 is 21.8 Å². The molecule has 0 aliphatic carbocycles. The Labute approximate surface area is 170 Å². The topological polar surface area (TPSA) is 76.8 Å². The van der Waals surface area contributed by atoms with Crippen molar-refractivity contribution in [2.45, 2.75) is 32.7 Å². The first-order chi connectivity index (χ1) is 13.5. The summed E-state index contributed by atoms with van der Waals surface area (Å²) in [7, 11) is 0. The Hall–Kier alpha value is -2.68. The first-order valence-corrected chi connectivity index (χ1v) is 9.73. The first-order valence-electron chi connectivity index (χ1n) is 8.93. The molecule has 0 fully saturated rings. The molecule has 28 heavy (non-hydrogen) atoms. The van der Waals surface area contributed by atoms with E-state index in [1.807, 2.05) is 13.8 Å². The summed E-state index contributed by atoms with van der Waals surface area (Å²) >= 11 is 3.31. The molecule has 0 N–H and O–H groups in total. The van der Waals surface area contributed by atoms with E-state index in [9.17, 15) is 9.18 Å². The van der Waals surface area contributed by atoms with Crippen LogP contribution in [0.1, 0.15) is 36.5 Å². The molecule has 0 aliphatic heterocycles. The number of aromatic nitrogens is 5. The molecule has 2 aromatic heterocycles. The third-order valence-electron chi connectivity index (χ3n) is 4.43. The van der Waals surface area contributed by atoms with Gasteiger partial charge in [0.25, 0.3) is 5.91 Å². The van der Waals surface area contributed by atoms with Crippen LogP contribution in [0.15, 0.2) is 47.5 Å². The number of hydrogen-bond donors (Lipinski definition) is 0. The summed E-state index contributed by atoms with van der Waals surface area (Å²) in [6.07, 6.45) is 7.61. The van der Waals surface area contributed by atoms with Crippen LogP contribution < -0.4 is 0 Å². The molecule has 146 valence electrons. The van der Waals surface area contributed by atoms with Crippen molar-refractivity contribution < 1.29 is 9.18 Å². The van der Waals surface area contributed by atoms with E-state index in [0.29, 0.717) is 25.2 Å². The molecule has 0 saturated carbocycles. The quantitative estimate of drug-likeness (QED) is 0.555. The van der Waals surface area contributed by atoms with Crippen molar-refractivity contribution in [1.29, 1.82) is 0 Å². The molecule has 0 aliphatic rings. The third kappa shape index (κ3) is 4.41. The van der Waals surface area contributed by atoms with Crippen molar-refractivity contribution in [3.05, 3.63) is 64.7 Å². The number of carbonyl (C=O) groups excluding carboxylic acids is 1. The minimum absolute atomic E-state index is 0.0550. The molecule has 0 saturated heterocycles. The summed E-state index contributed by atoms with van der Waals surface area (Å²) in [5.41, 5.74) is 0.282. The average molecular weight is 447 g/mol. The van der Waals surface area contributed by atoms with Gasteiger partial charge in [0.2, 0.25) is 0 Å². The monoisotopic (exact) mass is 446 g/mol. The maximum Gasteiger partial charge on any atom is 0.256 e. The van der Waals surface area contributed by atoms with E-state index < -0.39 is 5.82 Å². The Kier molecular flexibility index (Phi) is 6.45. The zero-order chi connectivity index (χ0) is 20.1. The van der Waals surface area contributed by atoms with E-state index in [1.165, 1.54) is 24.5 Å². The maximum absolute atomic E-state index is 14.5. The number of amides is 1. The largest absolute Gasteiger partial charge is 0.336 e. The molecule has 2 heterocycles. The zero-order valence-corrected chi connectivity index (χ0v) is 17.2. The lowest BCUT2D eigenvalue weighted by molar-refractivity contribution is 0.0695. The Morgan fingerprint density at radius 3 is 2.57 bits per heavy atom. The minimum atomic E-state index is -0.547. The Morgan fingerprint density at radius 2 is 1.93 bits per heavy atom. The molecular formula is C19H20BrFN6O. The van der Waals surface area contributed by atoms with Gasteiger partial charge in [0.05, 0.1) is 22.4 Å². The van der Waals surface area contributed by atoms with E-state index >= 15 is 0 Å². The summed E-state index contributed by atoms with van der Waals surface area (Å²) in [5, 5.41) is 7.96. The summed E-state index contributed by atoms with van der Waals surface area (Å²) in [6.45, 7) is 4.35. The average Bonchev–Trinajstić information content (AvgIpc) is 3.22.